The predicted molar refractivity (Wildman–Crippen MR) is 126 cm³/mol. The third kappa shape index (κ3) is 6.29. The zero-order valence-electron chi connectivity index (χ0n) is 18.3. The smallest absolute Gasteiger partial charge is 0.240 e. The van der Waals surface area contributed by atoms with Gasteiger partial charge in [-0.1, -0.05) is 42.8 Å². The molecule has 0 saturated carbocycles. The molecule has 2 heterocycles. The number of aromatic nitrogens is 2. The Labute approximate surface area is 189 Å². The van der Waals surface area contributed by atoms with Crippen LogP contribution >= 0.6 is 11.6 Å². The first-order valence-corrected chi connectivity index (χ1v) is 10.8. The summed E-state index contributed by atoms with van der Waals surface area (Å²) in [4.78, 5) is 23.6. The first-order chi connectivity index (χ1) is 14.8. The summed E-state index contributed by atoms with van der Waals surface area (Å²) in [6.07, 6.45) is 8.57. The van der Waals surface area contributed by atoms with Gasteiger partial charge in [0.2, 0.25) is 5.91 Å². The molecule has 8 nitrogen and oxygen atoms in total. The van der Waals surface area contributed by atoms with Crippen LogP contribution in [0.5, 0.6) is 0 Å². The first kappa shape index (κ1) is 24.8. The average Bonchev–Trinajstić information content (AvgIpc) is 2.77. The van der Waals surface area contributed by atoms with Crippen LogP contribution in [0.25, 0.3) is 0 Å². The Morgan fingerprint density at radius 2 is 2.10 bits per heavy atom. The maximum absolute atomic E-state index is 13.1. The Balaban J connectivity index is 2.08. The third-order valence-corrected chi connectivity index (χ3v) is 5.97. The first-order valence-electron chi connectivity index (χ1n) is 10.5. The molecule has 1 aromatic heterocycles. The molecule has 0 aromatic carbocycles. The Kier molecular flexibility index (Phi) is 9.03. The molecule has 1 fully saturated rings. The van der Waals surface area contributed by atoms with Gasteiger partial charge >= 0.3 is 0 Å². The van der Waals surface area contributed by atoms with Crippen molar-refractivity contribution in [3.63, 3.8) is 0 Å². The monoisotopic (exact) mass is 448 g/mol. The van der Waals surface area contributed by atoms with Gasteiger partial charge in [0.15, 0.2) is 0 Å². The van der Waals surface area contributed by atoms with Crippen molar-refractivity contribution in [2.75, 3.05) is 30.3 Å². The highest BCUT2D eigenvalue weighted by atomic mass is 35.5. The van der Waals surface area contributed by atoms with Crippen LogP contribution in [0, 0.1) is 0 Å². The lowest BCUT2D eigenvalue weighted by Crippen LogP contribution is -2.61. The molecular formula is C22H33ClN6O2. The number of nitrogens with zero attached hydrogens (tertiary/aromatic N) is 3. The Morgan fingerprint density at radius 3 is 2.68 bits per heavy atom. The Bertz CT molecular complexity index is 846. The highest BCUT2D eigenvalue weighted by Gasteiger charge is 2.39. The lowest BCUT2D eigenvalue weighted by molar-refractivity contribution is -0.127. The van der Waals surface area contributed by atoms with Crippen molar-refractivity contribution in [1.29, 1.82) is 0 Å². The summed E-state index contributed by atoms with van der Waals surface area (Å²) in [5.41, 5.74) is 13.3. The fourth-order valence-corrected chi connectivity index (χ4v) is 3.68. The molecule has 0 aliphatic carbocycles. The van der Waals surface area contributed by atoms with Gasteiger partial charge in [0.1, 0.15) is 18.0 Å². The fourth-order valence-electron chi connectivity index (χ4n) is 3.61. The number of aliphatic hydroxyl groups is 1. The highest BCUT2D eigenvalue weighted by molar-refractivity contribution is 6.31. The number of piperidine rings is 1. The molecule has 9 heteroatoms. The van der Waals surface area contributed by atoms with Crippen molar-refractivity contribution in [3.05, 3.63) is 47.3 Å². The van der Waals surface area contributed by atoms with Crippen molar-refractivity contribution in [3.8, 4) is 0 Å². The van der Waals surface area contributed by atoms with Crippen molar-refractivity contribution in [2.24, 2.45) is 5.73 Å². The molecule has 31 heavy (non-hydrogen) atoms. The maximum Gasteiger partial charge on any atom is 0.240 e. The van der Waals surface area contributed by atoms with E-state index in [4.69, 9.17) is 23.1 Å². The minimum atomic E-state index is -0.996. The van der Waals surface area contributed by atoms with Gasteiger partial charge < -0.3 is 26.8 Å². The fraction of sp³-hybridized carbons (Fsp3) is 0.500. The number of nitrogens with one attached hydrogen (secondary N) is 1. The molecule has 1 aliphatic rings. The van der Waals surface area contributed by atoms with E-state index < -0.39 is 5.54 Å². The van der Waals surface area contributed by atoms with Crippen LogP contribution in [0.15, 0.2) is 41.7 Å². The van der Waals surface area contributed by atoms with Crippen LogP contribution in [-0.4, -0.2) is 52.3 Å². The zero-order valence-corrected chi connectivity index (χ0v) is 19.0. The van der Waals surface area contributed by atoms with Crippen LogP contribution in [0.1, 0.15) is 38.7 Å². The molecule has 0 radical (unpaired) electrons. The molecule has 0 unspecified atom stereocenters. The van der Waals surface area contributed by atoms with E-state index in [9.17, 15) is 9.90 Å². The van der Waals surface area contributed by atoms with Gasteiger partial charge in [-0.3, -0.25) is 4.79 Å². The number of nitrogens with two attached hydrogens (primary N) is 2. The molecule has 1 amide bonds. The summed E-state index contributed by atoms with van der Waals surface area (Å²) in [5.74, 6) is 1.06. The third-order valence-electron chi connectivity index (χ3n) is 5.69. The minimum absolute atomic E-state index is 0.0602. The van der Waals surface area contributed by atoms with E-state index in [0.29, 0.717) is 43.2 Å². The summed E-state index contributed by atoms with van der Waals surface area (Å²) in [6.45, 7) is 8.61. The largest absolute Gasteiger partial charge is 0.396 e. The second-order valence-electron chi connectivity index (χ2n) is 7.76. The summed E-state index contributed by atoms with van der Waals surface area (Å²) >= 11 is 5.96. The number of allylic oxidation sites excluding steroid dienone is 4. The second kappa shape index (κ2) is 11.3. The van der Waals surface area contributed by atoms with Gasteiger partial charge in [-0.2, -0.15) is 0 Å². The lowest BCUT2D eigenvalue weighted by Gasteiger charge is -2.39. The van der Waals surface area contributed by atoms with Crippen LogP contribution in [0.3, 0.4) is 0 Å². The topological polar surface area (TPSA) is 130 Å². The molecular weight excluding hydrogens is 416 g/mol. The summed E-state index contributed by atoms with van der Waals surface area (Å²) in [7, 11) is 0. The van der Waals surface area contributed by atoms with Crippen LogP contribution in [0.4, 0.5) is 11.6 Å². The number of aliphatic hydroxyl groups excluding tert-OH is 1. The van der Waals surface area contributed by atoms with Gasteiger partial charge in [-0.15, -0.1) is 0 Å². The summed E-state index contributed by atoms with van der Waals surface area (Å²) in [5, 5.41) is 12.9. The molecule has 6 N–H and O–H groups in total. The van der Waals surface area contributed by atoms with E-state index >= 15 is 0 Å². The maximum atomic E-state index is 13.1. The summed E-state index contributed by atoms with van der Waals surface area (Å²) < 4.78 is 0. The summed E-state index contributed by atoms with van der Waals surface area (Å²) in [6, 6.07) is -0.338. The number of hydrogen-bond donors (Lipinski definition) is 4. The van der Waals surface area contributed by atoms with E-state index in [-0.39, 0.29) is 18.6 Å². The van der Waals surface area contributed by atoms with Gasteiger partial charge in [0.05, 0.1) is 11.6 Å². The SMILES string of the molecule is C=C/C(Cl)=C\C=C(/C)[C@H](CCO)NC(=O)C1(N)CCN(c2ncnc(N)c2CC)CC1. The molecule has 1 aromatic rings. The van der Waals surface area contributed by atoms with Crippen molar-refractivity contribution in [2.45, 2.75) is 51.1 Å². The minimum Gasteiger partial charge on any atom is -0.396 e. The van der Waals surface area contributed by atoms with Crippen molar-refractivity contribution < 1.29 is 9.90 Å². The lowest BCUT2D eigenvalue weighted by atomic mass is 9.86. The zero-order chi connectivity index (χ0) is 23.0. The number of nitrogen functional groups attached to an aromatic ring is 1. The molecule has 2 rings (SSSR count). The molecule has 170 valence electrons. The number of amides is 1. The quantitative estimate of drug-likeness (QED) is 0.425. The van der Waals surface area contributed by atoms with Gasteiger partial charge in [0, 0.05) is 30.3 Å². The standard InChI is InChI=1S/C22H33ClN6O2/c1-4-16(23)7-6-15(3)18(8-13-30)28-21(31)22(25)9-11-29(12-10-22)20-17(5-2)19(24)26-14-27-20/h4,6-7,14,18,30H,1,5,8-13,25H2,2-3H3,(H,28,31)(H2,24,26,27)/b15-6+,16-7+/t18-/m0/s1. The van der Waals surface area contributed by atoms with Crippen LogP contribution in [-0.2, 0) is 11.2 Å². The molecule has 1 aliphatic heterocycles. The van der Waals surface area contributed by atoms with Crippen molar-refractivity contribution in [1.82, 2.24) is 15.3 Å². The molecule has 1 atom stereocenters. The van der Waals surface area contributed by atoms with Crippen LogP contribution in [0.2, 0.25) is 0 Å². The Morgan fingerprint density at radius 1 is 1.42 bits per heavy atom. The van der Waals surface area contributed by atoms with Crippen LogP contribution < -0.4 is 21.7 Å². The normalized spacial score (nSPS) is 17.9. The number of carbonyl (C=O) groups excluding carboxylic acids is 1. The van der Waals surface area contributed by atoms with Gasteiger partial charge in [-0.05, 0) is 38.7 Å². The molecule has 0 spiro atoms. The van der Waals surface area contributed by atoms with E-state index in [0.717, 1.165) is 23.4 Å². The highest BCUT2D eigenvalue weighted by Crippen LogP contribution is 2.28. The van der Waals surface area contributed by atoms with Crippen molar-refractivity contribution >= 4 is 29.1 Å². The van der Waals surface area contributed by atoms with Gasteiger partial charge in [-0.25, -0.2) is 9.97 Å². The second-order valence-corrected chi connectivity index (χ2v) is 8.20. The van der Waals surface area contributed by atoms with E-state index in [1.54, 1.807) is 6.08 Å². The number of rotatable bonds is 9. The number of carbonyl (C=O) groups is 1. The molecule has 0 bridgehead atoms. The van der Waals surface area contributed by atoms with Gasteiger partial charge in [0.25, 0.3) is 0 Å². The predicted octanol–water partition coefficient (Wildman–Crippen LogP) is 2.04. The van der Waals surface area contributed by atoms with E-state index in [1.165, 1.54) is 12.4 Å². The molecule has 1 saturated heterocycles. The Hall–Kier alpha value is -2.42. The van der Waals surface area contributed by atoms with E-state index in [2.05, 4.69) is 26.8 Å². The number of anilines is 2. The number of hydrogen-bond acceptors (Lipinski definition) is 7. The average molecular weight is 449 g/mol. The van der Waals surface area contributed by atoms with E-state index in [1.807, 2.05) is 19.9 Å². The number of halogens is 1.